The second kappa shape index (κ2) is 3.91. The molecule has 1 rings (SSSR count). The molecule has 0 amide bonds. The van der Waals surface area contributed by atoms with Crippen molar-refractivity contribution < 1.29 is 0 Å². The Labute approximate surface area is 62.2 Å². The molecule has 1 fully saturated rings. The Kier molecular flexibility index (Phi) is 3.12. The van der Waals surface area contributed by atoms with Crippen LogP contribution in [0.1, 0.15) is 19.3 Å². The molecule has 1 aliphatic rings. The van der Waals surface area contributed by atoms with E-state index in [0.717, 1.165) is 32.4 Å². The highest BCUT2D eigenvalue weighted by molar-refractivity contribution is 4.86. The van der Waals surface area contributed by atoms with Crippen molar-refractivity contribution in [2.45, 2.75) is 31.3 Å². The minimum Gasteiger partial charge on any atom is -0.330 e. The van der Waals surface area contributed by atoms with E-state index in [2.05, 4.69) is 5.32 Å². The van der Waals surface area contributed by atoms with Gasteiger partial charge in [0.15, 0.2) is 0 Å². The zero-order valence-corrected chi connectivity index (χ0v) is 6.34. The molecule has 0 spiro atoms. The Balaban J connectivity index is 2.14. The number of hydrogen-bond donors (Lipinski definition) is 3. The Bertz CT molecular complexity index is 94.9. The third-order valence-corrected chi connectivity index (χ3v) is 2.12. The van der Waals surface area contributed by atoms with Gasteiger partial charge in [0.05, 0.1) is 0 Å². The fraction of sp³-hybridized carbons (Fsp3) is 1.00. The second-order valence-electron chi connectivity index (χ2n) is 2.94. The fourth-order valence-corrected chi connectivity index (χ4v) is 1.44. The van der Waals surface area contributed by atoms with Gasteiger partial charge in [0.1, 0.15) is 0 Å². The lowest BCUT2D eigenvalue weighted by atomic mass is 10.1. The fourth-order valence-electron chi connectivity index (χ4n) is 1.44. The van der Waals surface area contributed by atoms with Gasteiger partial charge in [-0.3, -0.25) is 0 Å². The number of nitrogens with one attached hydrogen (secondary N) is 1. The van der Waals surface area contributed by atoms with Crippen LogP contribution >= 0.6 is 0 Å². The van der Waals surface area contributed by atoms with Crippen molar-refractivity contribution in [2.75, 3.05) is 13.1 Å². The SMILES string of the molecule is NCCCC1NCCC1N. The van der Waals surface area contributed by atoms with E-state index < -0.39 is 0 Å². The molecule has 0 aliphatic carbocycles. The van der Waals surface area contributed by atoms with E-state index in [9.17, 15) is 0 Å². The number of hydrogen-bond acceptors (Lipinski definition) is 3. The molecule has 0 radical (unpaired) electrons. The van der Waals surface area contributed by atoms with Crippen molar-refractivity contribution in [3.63, 3.8) is 0 Å². The van der Waals surface area contributed by atoms with E-state index in [1.54, 1.807) is 0 Å². The standard InChI is InChI=1S/C7H17N3/c8-4-1-2-7-6(9)3-5-10-7/h6-7,10H,1-5,8-9H2. The average Bonchev–Trinajstić information content (AvgIpc) is 2.31. The van der Waals surface area contributed by atoms with Crippen LogP contribution in [0.25, 0.3) is 0 Å². The van der Waals surface area contributed by atoms with Gasteiger partial charge in [-0.15, -0.1) is 0 Å². The van der Waals surface area contributed by atoms with Gasteiger partial charge in [-0.2, -0.15) is 0 Å². The summed E-state index contributed by atoms with van der Waals surface area (Å²) in [6.07, 6.45) is 3.35. The third kappa shape index (κ3) is 1.94. The lowest BCUT2D eigenvalue weighted by Crippen LogP contribution is -2.36. The molecule has 0 bridgehead atoms. The molecule has 2 unspecified atom stereocenters. The zero-order chi connectivity index (χ0) is 7.40. The van der Waals surface area contributed by atoms with Crippen molar-refractivity contribution in [2.24, 2.45) is 11.5 Å². The van der Waals surface area contributed by atoms with Gasteiger partial charge in [0, 0.05) is 12.1 Å². The molecule has 5 N–H and O–H groups in total. The monoisotopic (exact) mass is 143 g/mol. The first-order valence-electron chi connectivity index (χ1n) is 4.03. The lowest BCUT2D eigenvalue weighted by Gasteiger charge is -2.13. The van der Waals surface area contributed by atoms with Crippen molar-refractivity contribution in [3.8, 4) is 0 Å². The highest BCUT2D eigenvalue weighted by Crippen LogP contribution is 2.08. The van der Waals surface area contributed by atoms with Gasteiger partial charge >= 0.3 is 0 Å². The zero-order valence-electron chi connectivity index (χ0n) is 6.34. The maximum atomic E-state index is 5.82. The predicted octanol–water partition coefficient (Wildman–Crippen LogP) is -0.585. The van der Waals surface area contributed by atoms with Gasteiger partial charge in [-0.1, -0.05) is 0 Å². The number of rotatable bonds is 3. The maximum Gasteiger partial charge on any atom is 0.0220 e. The van der Waals surface area contributed by atoms with Gasteiger partial charge in [-0.25, -0.2) is 0 Å². The van der Waals surface area contributed by atoms with E-state index in [0.29, 0.717) is 12.1 Å². The minimum atomic E-state index is 0.367. The van der Waals surface area contributed by atoms with Gasteiger partial charge in [0.25, 0.3) is 0 Å². The van der Waals surface area contributed by atoms with Crippen molar-refractivity contribution in [1.82, 2.24) is 5.32 Å². The van der Waals surface area contributed by atoms with Crippen LogP contribution in [0.2, 0.25) is 0 Å². The molecule has 1 heterocycles. The summed E-state index contributed by atoms with van der Waals surface area (Å²) >= 11 is 0. The van der Waals surface area contributed by atoms with Gasteiger partial charge < -0.3 is 16.8 Å². The van der Waals surface area contributed by atoms with E-state index in [1.165, 1.54) is 0 Å². The summed E-state index contributed by atoms with van der Waals surface area (Å²) in [4.78, 5) is 0. The molecule has 0 aromatic carbocycles. The first-order chi connectivity index (χ1) is 4.84. The summed E-state index contributed by atoms with van der Waals surface area (Å²) in [6.45, 7) is 1.86. The van der Waals surface area contributed by atoms with E-state index >= 15 is 0 Å². The predicted molar refractivity (Wildman–Crippen MR) is 42.7 cm³/mol. The number of nitrogens with two attached hydrogens (primary N) is 2. The molecule has 3 heteroatoms. The molecular formula is C7H17N3. The van der Waals surface area contributed by atoms with Crippen LogP contribution in [-0.4, -0.2) is 25.2 Å². The summed E-state index contributed by atoms with van der Waals surface area (Å²) in [5.41, 5.74) is 11.2. The Hall–Kier alpha value is -0.120. The summed E-state index contributed by atoms with van der Waals surface area (Å²) in [5.74, 6) is 0. The Morgan fingerprint density at radius 1 is 1.50 bits per heavy atom. The highest BCUT2D eigenvalue weighted by atomic mass is 15.0. The quantitative estimate of drug-likeness (QED) is 0.495. The molecule has 0 aromatic rings. The molecule has 1 aliphatic heterocycles. The van der Waals surface area contributed by atoms with Crippen LogP contribution in [0.15, 0.2) is 0 Å². The summed E-state index contributed by atoms with van der Waals surface area (Å²) in [6, 6.07) is 0.898. The van der Waals surface area contributed by atoms with Gasteiger partial charge in [-0.05, 0) is 32.4 Å². The molecule has 2 atom stereocenters. The topological polar surface area (TPSA) is 64.1 Å². The van der Waals surface area contributed by atoms with Crippen LogP contribution in [0, 0.1) is 0 Å². The van der Waals surface area contributed by atoms with Crippen molar-refractivity contribution >= 4 is 0 Å². The molecule has 10 heavy (non-hydrogen) atoms. The molecule has 0 saturated carbocycles. The normalized spacial score (nSPS) is 33.0. The first kappa shape index (κ1) is 7.98. The summed E-state index contributed by atoms with van der Waals surface area (Å²) in [5, 5.41) is 3.36. The van der Waals surface area contributed by atoms with Crippen LogP contribution < -0.4 is 16.8 Å². The second-order valence-corrected chi connectivity index (χ2v) is 2.94. The van der Waals surface area contributed by atoms with Gasteiger partial charge in [0.2, 0.25) is 0 Å². The van der Waals surface area contributed by atoms with E-state index in [-0.39, 0.29) is 0 Å². The van der Waals surface area contributed by atoms with Crippen LogP contribution in [0.4, 0.5) is 0 Å². The largest absolute Gasteiger partial charge is 0.330 e. The third-order valence-electron chi connectivity index (χ3n) is 2.12. The van der Waals surface area contributed by atoms with Crippen LogP contribution in [0.5, 0.6) is 0 Å². The van der Waals surface area contributed by atoms with E-state index in [1.807, 2.05) is 0 Å². The minimum absolute atomic E-state index is 0.367. The molecule has 60 valence electrons. The van der Waals surface area contributed by atoms with Crippen molar-refractivity contribution in [1.29, 1.82) is 0 Å². The smallest absolute Gasteiger partial charge is 0.0220 e. The highest BCUT2D eigenvalue weighted by Gasteiger charge is 2.21. The lowest BCUT2D eigenvalue weighted by molar-refractivity contribution is 0.493. The summed E-state index contributed by atoms with van der Waals surface area (Å²) in [7, 11) is 0. The Morgan fingerprint density at radius 2 is 2.30 bits per heavy atom. The van der Waals surface area contributed by atoms with E-state index in [4.69, 9.17) is 11.5 Å². The maximum absolute atomic E-state index is 5.82. The van der Waals surface area contributed by atoms with Crippen molar-refractivity contribution in [3.05, 3.63) is 0 Å². The van der Waals surface area contributed by atoms with Crippen LogP contribution in [-0.2, 0) is 0 Å². The van der Waals surface area contributed by atoms with Crippen LogP contribution in [0.3, 0.4) is 0 Å². The molecule has 3 nitrogen and oxygen atoms in total. The molecule has 0 aromatic heterocycles. The molecular weight excluding hydrogens is 126 g/mol. The molecule has 1 saturated heterocycles. The summed E-state index contributed by atoms with van der Waals surface area (Å²) < 4.78 is 0. The average molecular weight is 143 g/mol. The first-order valence-corrected chi connectivity index (χ1v) is 4.03. The Morgan fingerprint density at radius 3 is 2.80 bits per heavy atom.